The van der Waals surface area contributed by atoms with Crippen molar-refractivity contribution in [3.05, 3.63) is 32.8 Å². The summed E-state index contributed by atoms with van der Waals surface area (Å²) >= 11 is 5.90. The van der Waals surface area contributed by atoms with E-state index in [-0.39, 0.29) is 33.9 Å². The summed E-state index contributed by atoms with van der Waals surface area (Å²) in [5, 5.41) is 13.8. The van der Waals surface area contributed by atoms with Crippen LogP contribution in [-0.2, 0) is 0 Å². The molecule has 130 valence electrons. The maximum Gasteiger partial charge on any atom is 0.289 e. The predicted molar refractivity (Wildman–Crippen MR) is 92.2 cm³/mol. The van der Waals surface area contributed by atoms with Crippen molar-refractivity contribution in [1.29, 1.82) is 0 Å². The number of carbonyl (C=O) groups is 1. The van der Waals surface area contributed by atoms with E-state index >= 15 is 0 Å². The molecule has 2 saturated heterocycles. The van der Waals surface area contributed by atoms with Gasteiger partial charge in [-0.2, -0.15) is 0 Å². The van der Waals surface area contributed by atoms with Gasteiger partial charge in [0.15, 0.2) is 0 Å². The number of piperidine rings is 2. The minimum absolute atomic E-state index is 0.0664. The van der Waals surface area contributed by atoms with Crippen molar-refractivity contribution in [2.45, 2.75) is 50.2 Å². The Morgan fingerprint density at radius 1 is 1.38 bits per heavy atom. The Balaban J connectivity index is 1.74. The zero-order valence-corrected chi connectivity index (χ0v) is 14.3. The number of halogens is 1. The van der Waals surface area contributed by atoms with Gasteiger partial charge in [0.25, 0.3) is 11.6 Å². The highest BCUT2D eigenvalue weighted by atomic mass is 35.5. The quantitative estimate of drug-likeness (QED) is 0.494. The summed E-state index contributed by atoms with van der Waals surface area (Å²) < 4.78 is 0. The summed E-state index contributed by atoms with van der Waals surface area (Å²) in [4.78, 5) is 25.2. The van der Waals surface area contributed by atoms with Crippen LogP contribution in [0.5, 0.6) is 0 Å². The first-order valence-electron chi connectivity index (χ1n) is 8.13. The fourth-order valence-electron chi connectivity index (χ4n) is 3.91. The number of nitrogens with zero attached hydrogens (tertiary/aromatic N) is 2. The molecule has 2 atom stereocenters. The van der Waals surface area contributed by atoms with Gasteiger partial charge in [-0.05, 0) is 38.8 Å². The van der Waals surface area contributed by atoms with Gasteiger partial charge in [-0.3, -0.25) is 14.9 Å². The van der Waals surface area contributed by atoms with Crippen LogP contribution in [-0.4, -0.2) is 40.9 Å². The van der Waals surface area contributed by atoms with Crippen molar-refractivity contribution in [3.63, 3.8) is 0 Å². The van der Waals surface area contributed by atoms with Gasteiger partial charge in [-0.25, -0.2) is 0 Å². The lowest BCUT2D eigenvalue weighted by atomic mass is 9.82. The van der Waals surface area contributed by atoms with Gasteiger partial charge in [-0.15, -0.1) is 0 Å². The summed E-state index contributed by atoms with van der Waals surface area (Å²) in [5.41, 5.74) is 5.78. The zero-order valence-electron chi connectivity index (χ0n) is 13.5. The molecule has 1 amide bonds. The van der Waals surface area contributed by atoms with Crippen LogP contribution >= 0.6 is 11.6 Å². The van der Waals surface area contributed by atoms with Crippen molar-refractivity contribution in [1.82, 2.24) is 10.2 Å². The highest BCUT2D eigenvalue weighted by Crippen LogP contribution is 2.33. The second-order valence-corrected chi connectivity index (χ2v) is 7.10. The van der Waals surface area contributed by atoms with Gasteiger partial charge in [0.05, 0.1) is 16.2 Å². The Bertz CT molecular complexity index is 668. The number of nitro groups is 1. The highest BCUT2D eigenvalue weighted by molar-refractivity contribution is 6.33. The van der Waals surface area contributed by atoms with Crippen LogP contribution in [0.1, 0.15) is 42.5 Å². The molecule has 0 saturated carbocycles. The number of carbonyl (C=O) groups excluding carboxylic acids is 1. The Labute approximate surface area is 145 Å². The van der Waals surface area contributed by atoms with Gasteiger partial charge in [-0.1, -0.05) is 18.0 Å². The van der Waals surface area contributed by atoms with Crippen LogP contribution in [0.4, 0.5) is 11.4 Å². The van der Waals surface area contributed by atoms with Gasteiger partial charge < -0.3 is 16.0 Å². The van der Waals surface area contributed by atoms with E-state index in [0.717, 1.165) is 31.7 Å². The first-order valence-corrected chi connectivity index (χ1v) is 8.50. The smallest absolute Gasteiger partial charge is 0.289 e. The molecule has 2 unspecified atom stereocenters. The summed E-state index contributed by atoms with van der Waals surface area (Å²) in [6.45, 7) is 0. The third kappa shape index (κ3) is 3.18. The molecule has 3 N–H and O–H groups in total. The standard InChI is InChI=1S/C16H21ClN4O3/c1-20-10-3-2-4-11(20)6-9(5-10)19-16(22)12-7-13(17)15(21(23)24)8-14(12)18/h7-11H,2-6,18H2,1H3,(H,19,22). The molecule has 0 aromatic heterocycles. The van der Waals surface area contributed by atoms with Crippen molar-refractivity contribution in [2.24, 2.45) is 0 Å². The Hall–Kier alpha value is -1.86. The number of benzene rings is 1. The second-order valence-electron chi connectivity index (χ2n) is 6.69. The predicted octanol–water partition coefficient (Wildman–Crippen LogP) is 2.58. The van der Waals surface area contributed by atoms with Crippen LogP contribution in [0.25, 0.3) is 0 Å². The third-order valence-electron chi connectivity index (χ3n) is 5.24. The summed E-state index contributed by atoms with van der Waals surface area (Å²) in [6.07, 6.45) is 5.39. The summed E-state index contributed by atoms with van der Waals surface area (Å²) in [6, 6.07) is 3.51. The van der Waals surface area contributed by atoms with E-state index in [0.29, 0.717) is 12.1 Å². The fraction of sp³-hybridized carbons (Fsp3) is 0.562. The van der Waals surface area contributed by atoms with E-state index in [1.165, 1.54) is 12.5 Å². The van der Waals surface area contributed by atoms with E-state index in [2.05, 4.69) is 17.3 Å². The number of anilines is 1. The van der Waals surface area contributed by atoms with Gasteiger partial charge in [0, 0.05) is 24.2 Å². The van der Waals surface area contributed by atoms with Crippen molar-refractivity contribution in [2.75, 3.05) is 12.8 Å². The van der Waals surface area contributed by atoms with Crippen LogP contribution < -0.4 is 11.1 Å². The second kappa shape index (κ2) is 6.57. The average Bonchev–Trinajstić information content (AvgIpc) is 2.49. The van der Waals surface area contributed by atoms with Crippen LogP contribution in [0, 0.1) is 10.1 Å². The molecule has 24 heavy (non-hydrogen) atoms. The molecular weight excluding hydrogens is 332 g/mol. The Kier molecular flexibility index (Phi) is 4.64. The number of nitrogen functional groups attached to an aromatic ring is 1. The topological polar surface area (TPSA) is 102 Å². The maximum atomic E-state index is 12.5. The molecule has 2 heterocycles. The van der Waals surface area contributed by atoms with Crippen molar-refractivity contribution >= 4 is 28.9 Å². The summed E-state index contributed by atoms with van der Waals surface area (Å²) in [7, 11) is 2.15. The molecule has 2 aliphatic rings. The van der Waals surface area contributed by atoms with Crippen molar-refractivity contribution in [3.8, 4) is 0 Å². The molecule has 8 heteroatoms. The van der Waals surface area contributed by atoms with Gasteiger partial charge >= 0.3 is 0 Å². The van der Waals surface area contributed by atoms with Crippen LogP contribution in [0.2, 0.25) is 5.02 Å². The molecule has 0 aliphatic carbocycles. The number of nitrogens with two attached hydrogens (primary N) is 1. The number of nitrogens with one attached hydrogen (secondary N) is 1. The monoisotopic (exact) mass is 352 g/mol. The number of hydrogen-bond donors (Lipinski definition) is 2. The zero-order chi connectivity index (χ0) is 17.4. The molecule has 0 radical (unpaired) electrons. The number of fused-ring (bicyclic) bond motifs is 2. The van der Waals surface area contributed by atoms with Gasteiger partial charge in [0.1, 0.15) is 5.02 Å². The lowest BCUT2D eigenvalue weighted by molar-refractivity contribution is -0.384. The van der Waals surface area contributed by atoms with Crippen LogP contribution in [0.3, 0.4) is 0 Å². The number of rotatable bonds is 3. The lowest BCUT2D eigenvalue weighted by Crippen LogP contribution is -2.55. The number of amides is 1. The molecule has 1 aromatic rings. The lowest BCUT2D eigenvalue weighted by Gasteiger charge is -2.47. The average molecular weight is 353 g/mol. The minimum atomic E-state index is -0.613. The fourth-order valence-corrected chi connectivity index (χ4v) is 4.14. The SMILES string of the molecule is CN1C2CCCC1CC(NC(=O)c1cc(Cl)c([N+](=O)[O-])cc1N)C2. The van der Waals surface area contributed by atoms with E-state index in [1.807, 2.05) is 0 Å². The first kappa shape index (κ1) is 17.0. The normalized spacial score (nSPS) is 26.8. The molecule has 2 fully saturated rings. The molecule has 2 bridgehead atoms. The Morgan fingerprint density at radius 2 is 2.00 bits per heavy atom. The number of hydrogen-bond acceptors (Lipinski definition) is 5. The van der Waals surface area contributed by atoms with E-state index in [9.17, 15) is 14.9 Å². The number of nitro benzene ring substituents is 1. The van der Waals surface area contributed by atoms with Crippen molar-refractivity contribution < 1.29 is 9.72 Å². The molecule has 7 nitrogen and oxygen atoms in total. The van der Waals surface area contributed by atoms with Gasteiger partial charge in [0.2, 0.25) is 0 Å². The summed E-state index contributed by atoms with van der Waals surface area (Å²) in [5.74, 6) is -0.322. The first-order chi connectivity index (χ1) is 11.4. The third-order valence-corrected chi connectivity index (χ3v) is 5.54. The van der Waals surface area contributed by atoms with E-state index in [1.54, 1.807) is 0 Å². The Morgan fingerprint density at radius 3 is 2.58 bits per heavy atom. The van der Waals surface area contributed by atoms with Crippen LogP contribution in [0.15, 0.2) is 12.1 Å². The largest absolute Gasteiger partial charge is 0.398 e. The van der Waals surface area contributed by atoms with E-state index < -0.39 is 4.92 Å². The highest BCUT2D eigenvalue weighted by Gasteiger charge is 2.36. The molecule has 0 spiro atoms. The molecular formula is C16H21ClN4O3. The minimum Gasteiger partial charge on any atom is -0.398 e. The molecule has 3 rings (SSSR count). The molecule has 1 aromatic carbocycles. The molecule has 2 aliphatic heterocycles. The van der Waals surface area contributed by atoms with E-state index in [4.69, 9.17) is 17.3 Å². The maximum absolute atomic E-state index is 12.5.